The van der Waals surface area contributed by atoms with Crippen molar-refractivity contribution in [2.75, 3.05) is 0 Å². The van der Waals surface area contributed by atoms with Crippen molar-refractivity contribution >= 4 is 5.97 Å². The molecule has 1 fully saturated rings. The van der Waals surface area contributed by atoms with Crippen molar-refractivity contribution < 1.29 is 15.0 Å². The molecule has 3 nitrogen and oxygen atoms in total. The molecule has 1 unspecified atom stereocenters. The molecule has 3 heteroatoms. The van der Waals surface area contributed by atoms with Crippen LogP contribution in [-0.4, -0.2) is 22.3 Å². The molecular formula is C20H38O3. The number of carboxylic acid groups (broad SMARTS) is 1. The Labute approximate surface area is 142 Å². The summed E-state index contributed by atoms with van der Waals surface area (Å²) in [6.07, 6.45) is 17.0. The molecule has 136 valence electrons. The standard InChI is InChI=1S/C20H38O3/c1-2-3-4-5-6-9-12-17-15-16-19(21)18(17)13-10-7-8-11-14-20(22)23/h17-19,21H,2-16H2,1H3,(H,22,23)/t17-,18+,19?/m0/s1. The SMILES string of the molecule is CCCCCCCC[C@H]1CCC(O)[C@@H]1CCCCCCC(=O)O. The Kier molecular flexibility index (Phi) is 11.4. The average Bonchev–Trinajstić information content (AvgIpc) is 2.86. The van der Waals surface area contributed by atoms with Crippen LogP contribution in [0, 0.1) is 11.8 Å². The zero-order valence-corrected chi connectivity index (χ0v) is 15.1. The number of carbonyl (C=O) groups is 1. The first kappa shape index (κ1) is 20.5. The molecule has 0 radical (unpaired) electrons. The highest BCUT2D eigenvalue weighted by Gasteiger charge is 2.33. The second-order valence-electron chi connectivity index (χ2n) is 7.47. The third kappa shape index (κ3) is 9.34. The smallest absolute Gasteiger partial charge is 0.303 e. The number of hydrogen-bond acceptors (Lipinski definition) is 2. The van der Waals surface area contributed by atoms with Gasteiger partial charge in [0.1, 0.15) is 0 Å². The minimum atomic E-state index is -0.685. The van der Waals surface area contributed by atoms with E-state index in [0.29, 0.717) is 12.3 Å². The van der Waals surface area contributed by atoms with Crippen molar-refractivity contribution in [3.8, 4) is 0 Å². The molecule has 1 rings (SSSR count). The number of carboxylic acids is 1. The maximum absolute atomic E-state index is 10.5. The summed E-state index contributed by atoms with van der Waals surface area (Å²) in [4.78, 5) is 10.5. The van der Waals surface area contributed by atoms with Gasteiger partial charge in [-0.2, -0.15) is 0 Å². The molecule has 0 amide bonds. The van der Waals surface area contributed by atoms with Gasteiger partial charge in [0.15, 0.2) is 0 Å². The third-order valence-electron chi connectivity index (χ3n) is 5.54. The van der Waals surface area contributed by atoms with Crippen molar-refractivity contribution in [2.45, 2.75) is 109 Å². The maximum Gasteiger partial charge on any atom is 0.303 e. The average molecular weight is 327 g/mol. The summed E-state index contributed by atoms with van der Waals surface area (Å²) in [6.45, 7) is 2.26. The lowest BCUT2D eigenvalue weighted by Crippen LogP contribution is -2.19. The van der Waals surface area contributed by atoms with E-state index in [9.17, 15) is 9.90 Å². The van der Waals surface area contributed by atoms with Crippen LogP contribution in [-0.2, 0) is 4.79 Å². The maximum atomic E-state index is 10.5. The molecule has 2 N–H and O–H groups in total. The van der Waals surface area contributed by atoms with Gasteiger partial charge in [0.05, 0.1) is 6.10 Å². The van der Waals surface area contributed by atoms with E-state index in [1.165, 1.54) is 51.4 Å². The van der Waals surface area contributed by atoms with Crippen LogP contribution in [0.25, 0.3) is 0 Å². The second kappa shape index (κ2) is 12.8. The number of aliphatic hydroxyl groups excluding tert-OH is 1. The first-order valence-corrected chi connectivity index (χ1v) is 10.0. The predicted octanol–water partition coefficient (Wildman–Crippen LogP) is 5.55. The lowest BCUT2D eigenvalue weighted by molar-refractivity contribution is -0.137. The van der Waals surface area contributed by atoms with Crippen molar-refractivity contribution in [1.82, 2.24) is 0 Å². The molecule has 3 atom stereocenters. The molecule has 0 heterocycles. The Hall–Kier alpha value is -0.570. The molecule has 0 aromatic rings. The van der Waals surface area contributed by atoms with Gasteiger partial charge in [-0.3, -0.25) is 4.79 Å². The highest BCUT2D eigenvalue weighted by Crippen LogP contribution is 2.38. The van der Waals surface area contributed by atoms with Crippen LogP contribution in [0.3, 0.4) is 0 Å². The van der Waals surface area contributed by atoms with Crippen LogP contribution in [0.4, 0.5) is 0 Å². The van der Waals surface area contributed by atoms with Crippen LogP contribution in [0.5, 0.6) is 0 Å². The van der Waals surface area contributed by atoms with Gasteiger partial charge in [0.2, 0.25) is 0 Å². The zero-order valence-electron chi connectivity index (χ0n) is 15.1. The minimum absolute atomic E-state index is 0.0842. The minimum Gasteiger partial charge on any atom is -0.481 e. The summed E-state index contributed by atoms with van der Waals surface area (Å²) in [5, 5.41) is 18.9. The first-order valence-electron chi connectivity index (χ1n) is 10.0. The predicted molar refractivity (Wildman–Crippen MR) is 95.6 cm³/mol. The first-order chi connectivity index (χ1) is 11.1. The quantitative estimate of drug-likeness (QED) is 0.411. The zero-order chi connectivity index (χ0) is 16.9. The Morgan fingerprint density at radius 1 is 0.870 bits per heavy atom. The van der Waals surface area contributed by atoms with E-state index in [1.54, 1.807) is 0 Å². The molecule has 1 aliphatic rings. The van der Waals surface area contributed by atoms with Crippen molar-refractivity contribution in [2.24, 2.45) is 11.8 Å². The van der Waals surface area contributed by atoms with Gasteiger partial charge < -0.3 is 10.2 Å². The van der Waals surface area contributed by atoms with Crippen LogP contribution >= 0.6 is 0 Å². The third-order valence-corrected chi connectivity index (χ3v) is 5.54. The van der Waals surface area contributed by atoms with Crippen molar-refractivity contribution in [1.29, 1.82) is 0 Å². The van der Waals surface area contributed by atoms with E-state index in [4.69, 9.17) is 5.11 Å². The van der Waals surface area contributed by atoms with E-state index in [1.807, 2.05) is 0 Å². The van der Waals surface area contributed by atoms with Gasteiger partial charge in [0.25, 0.3) is 0 Å². The molecule has 0 bridgehead atoms. The molecule has 0 saturated heterocycles. The summed E-state index contributed by atoms with van der Waals surface area (Å²) >= 11 is 0. The van der Waals surface area contributed by atoms with Crippen molar-refractivity contribution in [3.05, 3.63) is 0 Å². The number of aliphatic hydroxyl groups is 1. The molecule has 1 saturated carbocycles. The van der Waals surface area contributed by atoms with Gasteiger partial charge in [-0.25, -0.2) is 0 Å². The molecule has 0 aromatic heterocycles. The molecule has 0 aliphatic heterocycles. The molecule has 0 spiro atoms. The fraction of sp³-hybridized carbons (Fsp3) is 0.950. The Bertz CT molecular complexity index is 303. The van der Waals surface area contributed by atoms with E-state index in [2.05, 4.69) is 6.92 Å². The summed E-state index contributed by atoms with van der Waals surface area (Å²) < 4.78 is 0. The van der Waals surface area contributed by atoms with Crippen LogP contribution in [0.2, 0.25) is 0 Å². The normalized spacial score (nSPS) is 24.2. The van der Waals surface area contributed by atoms with Crippen LogP contribution in [0.15, 0.2) is 0 Å². The summed E-state index contributed by atoms with van der Waals surface area (Å²) in [5.74, 6) is 0.551. The summed E-state index contributed by atoms with van der Waals surface area (Å²) in [6, 6.07) is 0. The number of hydrogen-bond donors (Lipinski definition) is 2. The Morgan fingerprint density at radius 3 is 2.17 bits per heavy atom. The van der Waals surface area contributed by atoms with Gasteiger partial charge in [0, 0.05) is 6.42 Å². The highest BCUT2D eigenvalue weighted by atomic mass is 16.4. The van der Waals surface area contributed by atoms with Gasteiger partial charge in [-0.15, -0.1) is 0 Å². The number of aliphatic carboxylic acids is 1. The Balaban J connectivity index is 2.09. The van der Waals surface area contributed by atoms with E-state index in [0.717, 1.165) is 44.4 Å². The highest BCUT2D eigenvalue weighted by molar-refractivity contribution is 5.66. The van der Waals surface area contributed by atoms with E-state index in [-0.39, 0.29) is 6.10 Å². The lowest BCUT2D eigenvalue weighted by Gasteiger charge is -2.22. The second-order valence-corrected chi connectivity index (χ2v) is 7.47. The molecular weight excluding hydrogens is 288 g/mol. The van der Waals surface area contributed by atoms with Crippen molar-refractivity contribution in [3.63, 3.8) is 0 Å². The van der Waals surface area contributed by atoms with E-state index < -0.39 is 5.97 Å². The number of unbranched alkanes of at least 4 members (excludes halogenated alkanes) is 8. The van der Waals surface area contributed by atoms with Gasteiger partial charge >= 0.3 is 5.97 Å². The summed E-state index contributed by atoms with van der Waals surface area (Å²) in [7, 11) is 0. The number of rotatable bonds is 14. The monoisotopic (exact) mass is 326 g/mol. The van der Waals surface area contributed by atoms with Gasteiger partial charge in [-0.1, -0.05) is 71.1 Å². The topological polar surface area (TPSA) is 57.5 Å². The van der Waals surface area contributed by atoms with Crippen LogP contribution in [0.1, 0.15) is 103 Å². The Morgan fingerprint density at radius 2 is 1.48 bits per heavy atom. The van der Waals surface area contributed by atoms with E-state index >= 15 is 0 Å². The van der Waals surface area contributed by atoms with Gasteiger partial charge in [-0.05, 0) is 37.5 Å². The fourth-order valence-corrected chi connectivity index (χ4v) is 4.11. The lowest BCUT2D eigenvalue weighted by atomic mass is 9.85. The summed E-state index contributed by atoms with van der Waals surface area (Å²) in [5.41, 5.74) is 0. The fourth-order valence-electron chi connectivity index (χ4n) is 4.11. The van der Waals surface area contributed by atoms with Crippen LogP contribution < -0.4 is 0 Å². The molecule has 0 aromatic carbocycles. The molecule has 1 aliphatic carbocycles. The largest absolute Gasteiger partial charge is 0.481 e. The molecule has 23 heavy (non-hydrogen) atoms.